The van der Waals surface area contributed by atoms with Gasteiger partial charge in [0, 0.05) is 36.5 Å². The van der Waals surface area contributed by atoms with Gasteiger partial charge >= 0.3 is 0 Å². The lowest BCUT2D eigenvalue weighted by Crippen LogP contribution is -2.45. The third-order valence-corrected chi connectivity index (χ3v) is 6.07. The van der Waals surface area contributed by atoms with Crippen LogP contribution < -0.4 is 10.1 Å². The lowest BCUT2D eigenvalue weighted by molar-refractivity contribution is 0.196. The Labute approximate surface area is 183 Å². The van der Waals surface area contributed by atoms with Crippen LogP contribution in [0, 0.1) is 11.8 Å². The van der Waals surface area contributed by atoms with E-state index in [4.69, 9.17) is 4.74 Å². The standard InChI is InChI=1S/C20H29N7O3S/c1-13(2)11-30-19-16(15-8-21-22-9-15)4-5-18-24-20(25-27(18)19)23-17-6-7-26(10-14(17)3)12-31(28)29/h4-5,8-9,13-14,17,31H,6-7,10-12H2,1-3H3,(H,21,22)(H,23,25)/t14-,17+/m1/s1. The molecule has 10 nitrogen and oxygen atoms in total. The van der Waals surface area contributed by atoms with E-state index < -0.39 is 10.7 Å². The predicted molar refractivity (Wildman–Crippen MR) is 119 cm³/mol. The Kier molecular flexibility index (Phi) is 6.42. The largest absolute Gasteiger partial charge is 0.477 e. The van der Waals surface area contributed by atoms with Crippen molar-refractivity contribution in [3.8, 4) is 17.0 Å². The average molecular weight is 448 g/mol. The number of ether oxygens (including phenoxy) is 1. The van der Waals surface area contributed by atoms with Gasteiger partial charge < -0.3 is 10.1 Å². The number of thiol groups is 1. The third kappa shape index (κ3) is 4.99. The van der Waals surface area contributed by atoms with E-state index in [0.717, 1.165) is 30.6 Å². The van der Waals surface area contributed by atoms with Crippen LogP contribution in [0.4, 0.5) is 5.95 Å². The molecule has 0 spiro atoms. The van der Waals surface area contributed by atoms with Crippen molar-refractivity contribution in [2.75, 3.05) is 30.9 Å². The van der Waals surface area contributed by atoms with Crippen molar-refractivity contribution < 1.29 is 13.2 Å². The molecule has 168 valence electrons. The minimum Gasteiger partial charge on any atom is -0.477 e. The first-order valence-electron chi connectivity index (χ1n) is 10.5. The quantitative estimate of drug-likeness (QED) is 0.448. The summed E-state index contributed by atoms with van der Waals surface area (Å²) in [7, 11) is -2.39. The van der Waals surface area contributed by atoms with Gasteiger partial charge in [-0.15, -0.1) is 5.10 Å². The minimum absolute atomic E-state index is 0.117. The molecule has 0 amide bonds. The third-order valence-electron chi connectivity index (χ3n) is 5.44. The SMILES string of the molecule is CC(C)COc1c(-c2cn[nH]c2)ccc2nc(N[C@H]3CCN(C[SH](=O)=O)C[C@H]3C)nn12. The fourth-order valence-electron chi connectivity index (χ4n) is 3.89. The van der Waals surface area contributed by atoms with Crippen molar-refractivity contribution in [2.45, 2.75) is 33.2 Å². The van der Waals surface area contributed by atoms with Crippen molar-refractivity contribution in [3.63, 3.8) is 0 Å². The highest BCUT2D eigenvalue weighted by Crippen LogP contribution is 2.31. The van der Waals surface area contributed by atoms with Crippen LogP contribution in [0.15, 0.2) is 24.5 Å². The first-order chi connectivity index (χ1) is 14.9. The molecule has 0 unspecified atom stereocenters. The number of aromatic amines is 1. The normalized spacial score (nSPS) is 20.0. The number of pyridine rings is 1. The van der Waals surface area contributed by atoms with Crippen LogP contribution in [0.3, 0.4) is 0 Å². The molecule has 3 aromatic rings. The molecule has 0 bridgehead atoms. The highest BCUT2D eigenvalue weighted by Gasteiger charge is 2.27. The average Bonchev–Trinajstić information content (AvgIpc) is 3.37. The van der Waals surface area contributed by atoms with Crippen molar-refractivity contribution >= 4 is 22.3 Å². The molecule has 2 atom stereocenters. The topological polar surface area (TPSA) is 118 Å². The van der Waals surface area contributed by atoms with Crippen molar-refractivity contribution in [2.24, 2.45) is 11.8 Å². The van der Waals surface area contributed by atoms with E-state index in [2.05, 4.69) is 46.4 Å². The molecular formula is C20H29N7O3S. The van der Waals surface area contributed by atoms with E-state index in [1.165, 1.54) is 0 Å². The number of anilines is 1. The second-order valence-electron chi connectivity index (χ2n) is 8.52. The van der Waals surface area contributed by atoms with Crippen molar-refractivity contribution in [1.82, 2.24) is 29.7 Å². The molecule has 31 heavy (non-hydrogen) atoms. The summed E-state index contributed by atoms with van der Waals surface area (Å²) in [6.07, 6.45) is 4.41. The highest BCUT2D eigenvalue weighted by atomic mass is 32.2. The second-order valence-corrected chi connectivity index (χ2v) is 9.47. The molecule has 4 heterocycles. The second kappa shape index (κ2) is 9.23. The molecule has 0 radical (unpaired) electrons. The molecule has 4 rings (SSSR count). The van der Waals surface area contributed by atoms with Crippen LogP contribution in [0.1, 0.15) is 27.2 Å². The molecule has 1 aliphatic heterocycles. The van der Waals surface area contributed by atoms with Crippen LogP contribution in [-0.4, -0.2) is 69.7 Å². The van der Waals surface area contributed by atoms with Crippen LogP contribution in [0.25, 0.3) is 16.8 Å². The fraction of sp³-hybridized carbons (Fsp3) is 0.550. The number of rotatable bonds is 8. The Morgan fingerprint density at radius 2 is 2.19 bits per heavy atom. The maximum Gasteiger partial charge on any atom is 0.243 e. The highest BCUT2D eigenvalue weighted by molar-refractivity contribution is 7.72. The number of likely N-dealkylation sites (tertiary alicyclic amines) is 1. The maximum absolute atomic E-state index is 11.0. The number of hydrogen-bond acceptors (Lipinski definition) is 8. The lowest BCUT2D eigenvalue weighted by Gasteiger charge is -2.35. The summed E-state index contributed by atoms with van der Waals surface area (Å²) in [5.74, 6) is 1.93. The van der Waals surface area contributed by atoms with Crippen LogP contribution in [0.2, 0.25) is 0 Å². The van der Waals surface area contributed by atoms with Gasteiger partial charge in [-0.25, -0.2) is 8.42 Å². The maximum atomic E-state index is 11.0. The molecule has 1 aliphatic rings. The Morgan fingerprint density at radius 3 is 2.87 bits per heavy atom. The van der Waals surface area contributed by atoms with E-state index in [1.54, 1.807) is 10.7 Å². The van der Waals surface area contributed by atoms with E-state index in [-0.39, 0.29) is 17.8 Å². The molecule has 0 saturated carbocycles. The minimum atomic E-state index is -2.39. The van der Waals surface area contributed by atoms with Crippen LogP contribution in [0.5, 0.6) is 5.88 Å². The molecule has 0 aliphatic carbocycles. The summed E-state index contributed by atoms with van der Waals surface area (Å²) in [6, 6.07) is 4.06. The smallest absolute Gasteiger partial charge is 0.243 e. The number of fused-ring (bicyclic) bond motifs is 1. The number of piperidine rings is 1. The Bertz CT molecular complexity index is 1090. The van der Waals surface area contributed by atoms with Gasteiger partial charge in [-0.2, -0.15) is 14.6 Å². The Hall–Kier alpha value is -2.66. The number of H-pyrrole nitrogens is 1. The number of hydrogen-bond donors (Lipinski definition) is 3. The summed E-state index contributed by atoms with van der Waals surface area (Å²) < 4.78 is 29.9. The lowest BCUT2D eigenvalue weighted by atomic mass is 9.94. The number of nitrogens with zero attached hydrogens (tertiary/aromatic N) is 5. The zero-order chi connectivity index (χ0) is 22.0. The summed E-state index contributed by atoms with van der Waals surface area (Å²) in [6.45, 7) is 8.33. The molecule has 3 aromatic heterocycles. The molecule has 2 N–H and O–H groups in total. The Balaban J connectivity index is 1.58. The summed E-state index contributed by atoms with van der Waals surface area (Å²) in [5.41, 5.74) is 2.51. The fourth-order valence-corrected chi connectivity index (χ4v) is 4.48. The van der Waals surface area contributed by atoms with Gasteiger partial charge in [-0.05, 0) is 30.4 Å². The Morgan fingerprint density at radius 1 is 1.35 bits per heavy atom. The van der Waals surface area contributed by atoms with E-state index in [0.29, 0.717) is 30.0 Å². The van der Waals surface area contributed by atoms with Crippen molar-refractivity contribution in [3.05, 3.63) is 24.5 Å². The van der Waals surface area contributed by atoms with Gasteiger partial charge in [0.15, 0.2) is 16.4 Å². The van der Waals surface area contributed by atoms with Gasteiger partial charge in [0.1, 0.15) is 0 Å². The van der Waals surface area contributed by atoms with E-state index in [1.807, 2.05) is 23.2 Å². The van der Waals surface area contributed by atoms with Crippen LogP contribution in [-0.2, 0) is 10.7 Å². The first kappa shape index (κ1) is 21.6. The van der Waals surface area contributed by atoms with Crippen molar-refractivity contribution in [1.29, 1.82) is 0 Å². The number of aromatic nitrogens is 5. The monoisotopic (exact) mass is 447 g/mol. The zero-order valence-corrected chi connectivity index (χ0v) is 18.9. The molecular weight excluding hydrogens is 418 g/mol. The summed E-state index contributed by atoms with van der Waals surface area (Å²) in [4.78, 5) is 6.62. The van der Waals surface area contributed by atoms with Gasteiger partial charge in [0.05, 0.1) is 18.7 Å². The van der Waals surface area contributed by atoms with E-state index >= 15 is 0 Å². The zero-order valence-electron chi connectivity index (χ0n) is 18.0. The van der Waals surface area contributed by atoms with E-state index in [9.17, 15) is 8.42 Å². The summed E-state index contributed by atoms with van der Waals surface area (Å²) >= 11 is 0. The first-order valence-corrected chi connectivity index (χ1v) is 11.9. The van der Waals surface area contributed by atoms with Gasteiger partial charge in [-0.1, -0.05) is 20.8 Å². The van der Waals surface area contributed by atoms with Gasteiger partial charge in [0.25, 0.3) is 0 Å². The van der Waals surface area contributed by atoms with Gasteiger partial charge in [0.2, 0.25) is 11.8 Å². The number of nitrogens with one attached hydrogen (secondary N) is 2. The summed E-state index contributed by atoms with van der Waals surface area (Å²) in [5, 5.41) is 15.0. The van der Waals surface area contributed by atoms with Gasteiger partial charge in [-0.3, -0.25) is 10.00 Å². The molecule has 1 saturated heterocycles. The molecule has 0 aromatic carbocycles. The predicted octanol–water partition coefficient (Wildman–Crippen LogP) is 1.85. The molecule has 11 heteroatoms. The van der Waals surface area contributed by atoms with Crippen LogP contribution >= 0.6 is 0 Å². The molecule has 1 fully saturated rings.